The van der Waals surface area contributed by atoms with Crippen molar-refractivity contribution in [2.45, 2.75) is 18.9 Å². The standard InChI is InChI=1S/C11H13BrN2O4S/c12-10-2-1-9(7-11(10)14(15)16)13-8-3-5-19(17,18)6-4-8/h1-2,7-8,13H,3-6H2. The summed E-state index contributed by atoms with van der Waals surface area (Å²) in [5.74, 6) is 0.340. The molecule has 1 aliphatic heterocycles. The Morgan fingerprint density at radius 1 is 1.32 bits per heavy atom. The van der Waals surface area contributed by atoms with Gasteiger partial charge in [0.15, 0.2) is 0 Å². The van der Waals surface area contributed by atoms with Crippen molar-refractivity contribution in [2.75, 3.05) is 16.8 Å². The van der Waals surface area contributed by atoms with Crippen LogP contribution in [0.25, 0.3) is 0 Å². The van der Waals surface area contributed by atoms with Crippen LogP contribution in [0.3, 0.4) is 0 Å². The van der Waals surface area contributed by atoms with E-state index in [9.17, 15) is 18.5 Å². The van der Waals surface area contributed by atoms with E-state index in [1.165, 1.54) is 6.07 Å². The molecular formula is C11H13BrN2O4S. The lowest BCUT2D eigenvalue weighted by Gasteiger charge is -2.24. The number of nitrogens with zero attached hydrogens (tertiary/aromatic N) is 1. The van der Waals surface area contributed by atoms with E-state index in [0.29, 0.717) is 23.0 Å². The summed E-state index contributed by atoms with van der Waals surface area (Å²) in [6.45, 7) is 0. The van der Waals surface area contributed by atoms with Crippen molar-refractivity contribution in [1.29, 1.82) is 0 Å². The van der Waals surface area contributed by atoms with Gasteiger partial charge < -0.3 is 5.32 Å². The normalized spacial score (nSPS) is 19.0. The molecule has 0 unspecified atom stereocenters. The molecule has 0 spiro atoms. The molecule has 2 rings (SSSR count). The van der Waals surface area contributed by atoms with Crippen molar-refractivity contribution in [3.05, 3.63) is 32.8 Å². The van der Waals surface area contributed by atoms with Crippen LogP contribution in [-0.4, -0.2) is 30.9 Å². The number of rotatable bonds is 3. The predicted molar refractivity (Wildman–Crippen MR) is 76.1 cm³/mol. The van der Waals surface area contributed by atoms with Crippen molar-refractivity contribution < 1.29 is 13.3 Å². The van der Waals surface area contributed by atoms with E-state index in [0.717, 1.165) is 0 Å². The summed E-state index contributed by atoms with van der Waals surface area (Å²) in [6.07, 6.45) is 1.07. The Hall–Kier alpha value is -1.15. The molecule has 1 aromatic carbocycles. The first-order valence-electron chi connectivity index (χ1n) is 5.78. The van der Waals surface area contributed by atoms with Gasteiger partial charge in [0.1, 0.15) is 9.84 Å². The van der Waals surface area contributed by atoms with Crippen LogP contribution in [0.4, 0.5) is 11.4 Å². The van der Waals surface area contributed by atoms with E-state index in [1.807, 2.05) is 0 Å². The number of nitro groups is 1. The lowest BCUT2D eigenvalue weighted by atomic mass is 10.1. The van der Waals surface area contributed by atoms with Gasteiger partial charge in [0.2, 0.25) is 0 Å². The summed E-state index contributed by atoms with van der Waals surface area (Å²) < 4.78 is 23.1. The number of nitrogens with one attached hydrogen (secondary N) is 1. The van der Waals surface area contributed by atoms with Crippen LogP contribution in [0.5, 0.6) is 0 Å². The number of hydrogen-bond donors (Lipinski definition) is 1. The fourth-order valence-electron chi connectivity index (χ4n) is 2.01. The van der Waals surface area contributed by atoms with Gasteiger partial charge in [-0.05, 0) is 40.9 Å². The molecule has 0 bridgehead atoms. The maximum atomic E-state index is 11.3. The van der Waals surface area contributed by atoms with E-state index < -0.39 is 14.8 Å². The van der Waals surface area contributed by atoms with Gasteiger partial charge in [-0.3, -0.25) is 10.1 Å². The third-order valence-electron chi connectivity index (χ3n) is 3.07. The molecule has 0 aliphatic carbocycles. The minimum absolute atomic E-state index is 0.00608. The Balaban J connectivity index is 2.08. The molecule has 1 N–H and O–H groups in total. The van der Waals surface area contributed by atoms with Gasteiger partial charge in [-0.15, -0.1) is 0 Å². The predicted octanol–water partition coefficient (Wildman–Crippen LogP) is 2.35. The molecule has 0 aromatic heterocycles. The molecule has 0 amide bonds. The van der Waals surface area contributed by atoms with Gasteiger partial charge in [0.25, 0.3) is 5.69 Å². The van der Waals surface area contributed by atoms with Crippen LogP contribution in [0.2, 0.25) is 0 Å². The summed E-state index contributed by atoms with van der Waals surface area (Å²) in [4.78, 5) is 10.4. The smallest absolute Gasteiger partial charge is 0.285 e. The lowest BCUT2D eigenvalue weighted by molar-refractivity contribution is -0.385. The SMILES string of the molecule is O=[N+]([O-])c1cc(NC2CCS(=O)(=O)CC2)ccc1Br. The summed E-state index contributed by atoms with van der Waals surface area (Å²) >= 11 is 3.12. The quantitative estimate of drug-likeness (QED) is 0.668. The highest BCUT2D eigenvalue weighted by Crippen LogP contribution is 2.29. The second kappa shape index (κ2) is 5.46. The monoisotopic (exact) mass is 348 g/mol. The maximum Gasteiger partial charge on any atom is 0.285 e. The van der Waals surface area contributed by atoms with E-state index in [1.54, 1.807) is 12.1 Å². The lowest BCUT2D eigenvalue weighted by Crippen LogP contribution is -2.32. The highest BCUT2D eigenvalue weighted by molar-refractivity contribution is 9.10. The van der Waals surface area contributed by atoms with E-state index in [4.69, 9.17) is 0 Å². The highest BCUT2D eigenvalue weighted by atomic mass is 79.9. The zero-order valence-electron chi connectivity index (χ0n) is 10.0. The molecule has 8 heteroatoms. The molecule has 1 heterocycles. The molecule has 0 saturated carbocycles. The van der Waals surface area contributed by atoms with Crippen LogP contribution in [0, 0.1) is 10.1 Å². The van der Waals surface area contributed by atoms with Gasteiger partial charge in [-0.1, -0.05) is 0 Å². The van der Waals surface area contributed by atoms with Gasteiger partial charge >= 0.3 is 0 Å². The summed E-state index contributed by atoms with van der Waals surface area (Å²) in [7, 11) is -2.89. The van der Waals surface area contributed by atoms with Gasteiger partial charge in [0.05, 0.1) is 20.9 Å². The summed E-state index contributed by atoms with van der Waals surface area (Å²) in [6, 6.07) is 4.84. The van der Waals surface area contributed by atoms with E-state index in [2.05, 4.69) is 21.2 Å². The second-order valence-corrected chi connectivity index (χ2v) is 7.65. The van der Waals surface area contributed by atoms with Crippen molar-refractivity contribution >= 4 is 37.1 Å². The number of hydrogen-bond acceptors (Lipinski definition) is 5. The minimum Gasteiger partial charge on any atom is -0.382 e. The van der Waals surface area contributed by atoms with E-state index >= 15 is 0 Å². The van der Waals surface area contributed by atoms with Crippen LogP contribution >= 0.6 is 15.9 Å². The number of anilines is 1. The molecule has 6 nitrogen and oxygen atoms in total. The van der Waals surface area contributed by atoms with Crippen LogP contribution in [0.15, 0.2) is 22.7 Å². The summed E-state index contributed by atoms with van der Waals surface area (Å²) in [5.41, 5.74) is 0.632. The fraction of sp³-hybridized carbons (Fsp3) is 0.455. The van der Waals surface area contributed by atoms with Crippen molar-refractivity contribution in [1.82, 2.24) is 0 Å². The maximum absolute atomic E-state index is 11.3. The van der Waals surface area contributed by atoms with Crippen LogP contribution in [0.1, 0.15) is 12.8 Å². The van der Waals surface area contributed by atoms with Gasteiger partial charge in [-0.2, -0.15) is 0 Å². The van der Waals surface area contributed by atoms with Crippen molar-refractivity contribution in [3.8, 4) is 0 Å². The first-order valence-corrected chi connectivity index (χ1v) is 8.40. The number of benzene rings is 1. The largest absolute Gasteiger partial charge is 0.382 e. The molecule has 19 heavy (non-hydrogen) atoms. The first-order chi connectivity index (χ1) is 8.87. The average Bonchev–Trinajstić information content (AvgIpc) is 2.34. The first kappa shape index (κ1) is 14.3. The van der Waals surface area contributed by atoms with Crippen LogP contribution < -0.4 is 5.32 Å². The molecule has 0 radical (unpaired) electrons. The summed E-state index contributed by atoms with van der Waals surface area (Å²) in [5, 5.41) is 14.0. The van der Waals surface area contributed by atoms with E-state index in [-0.39, 0.29) is 23.2 Å². The minimum atomic E-state index is -2.89. The Kier molecular flexibility index (Phi) is 4.10. The van der Waals surface area contributed by atoms with Gasteiger partial charge in [0, 0.05) is 17.8 Å². The zero-order valence-corrected chi connectivity index (χ0v) is 12.4. The van der Waals surface area contributed by atoms with Crippen LogP contribution in [-0.2, 0) is 9.84 Å². The molecular weight excluding hydrogens is 336 g/mol. The molecule has 104 valence electrons. The number of halogens is 1. The third kappa shape index (κ3) is 3.66. The zero-order chi connectivity index (χ0) is 14.0. The Morgan fingerprint density at radius 3 is 2.53 bits per heavy atom. The Labute approximate surface area is 119 Å². The number of nitro benzene ring substituents is 1. The third-order valence-corrected chi connectivity index (χ3v) is 5.45. The van der Waals surface area contributed by atoms with Gasteiger partial charge in [-0.25, -0.2) is 8.42 Å². The molecule has 1 fully saturated rings. The average molecular weight is 349 g/mol. The topological polar surface area (TPSA) is 89.3 Å². The van der Waals surface area contributed by atoms with Crippen molar-refractivity contribution in [2.24, 2.45) is 0 Å². The molecule has 1 aromatic rings. The number of sulfone groups is 1. The Morgan fingerprint density at radius 2 is 1.95 bits per heavy atom. The van der Waals surface area contributed by atoms with Crippen molar-refractivity contribution in [3.63, 3.8) is 0 Å². The molecule has 0 atom stereocenters. The second-order valence-electron chi connectivity index (χ2n) is 4.49. The molecule has 1 saturated heterocycles. The Bertz CT molecular complexity index is 589. The fourth-order valence-corrected chi connectivity index (χ4v) is 3.90. The highest BCUT2D eigenvalue weighted by Gasteiger charge is 2.24. The molecule has 1 aliphatic rings.